The van der Waals surface area contributed by atoms with Gasteiger partial charge in [0.15, 0.2) is 17.8 Å². The van der Waals surface area contributed by atoms with E-state index in [9.17, 15) is 9.90 Å². The zero-order valence-corrected chi connectivity index (χ0v) is 20.2. The summed E-state index contributed by atoms with van der Waals surface area (Å²) in [7, 11) is 0. The molecule has 0 saturated carbocycles. The van der Waals surface area contributed by atoms with Crippen LogP contribution in [0.25, 0.3) is 0 Å². The molecule has 2 saturated heterocycles. The highest BCUT2D eigenvalue weighted by molar-refractivity contribution is 5.99. The van der Waals surface area contributed by atoms with Gasteiger partial charge in [0.2, 0.25) is 0 Å². The van der Waals surface area contributed by atoms with Crippen molar-refractivity contribution in [1.29, 1.82) is 0 Å². The monoisotopic (exact) mass is 477 g/mol. The van der Waals surface area contributed by atoms with Crippen LogP contribution in [-0.2, 0) is 9.47 Å². The molecule has 0 radical (unpaired) electrons. The molecule has 0 unspecified atom stereocenters. The largest absolute Gasteiger partial charge is 0.489 e. The summed E-state index contributed by atoms with van der Waals surface area (Å²) in [6.45, 7) is 8.12. The van der Waals surface area contributed by atoms with E-state index in [1.54, 1.807) is 0 Å². The maximum atomic E-state index is 13.2. The van der Waals surface area contributed by atoms with Gasteiger partial charge in [0.25, 0.3) is 5.91 Å². The average Bonchev–Trinajstić information content (AvgIpc) is 3.25. The molecule has 1 amide bonds. The molecule has 4 rings (SSSR count). The number of carbonyl (C=O) groups excluding carboxylic acids is 1. The quantitative estimate of drug-likeness (QED) is 0.441. The third-order valence-corrected chi connectivity index (χ3v) is 6.65. The van der Waals surface area contributed by atoms with E-state index in [4.69, 9.17) is 18.9 Å². The predicted octanol–water partition coefficient (Wildman–Crippen LogP) is 2.24. The van der Waals surface area contributed by atoms with E-state index in [0.29, 0.717) is 56.6 Å². The molecule has 3 aliphatic rings. The summed E-state index contributed by atoms with van der Waals surface area (Å²) < 4.78 is 22.7. The Kier molecular flexibility index (Phi) is 9.26. The Morgan fingerprint density at radius 1 is 1.18 bits per heavy atom. The number of nitrogens with one attached hydrogen (secondary N) is 2. The van der Waals surface area contributed by atoms with Crippen LogP contribution in [0.4, 0.5) is 5.69 Å². The van der Waals surface area contributed by atoms with Gasteiger partial charge in [-0.2, -0.15) is 0 Å². The lowest BCUT2D eigenvalue weighted by Crippen LogP contribution is -2.48. The highest BCUT2D eigenvalue weighted by Gasteiger charge is 2.29. The number of nitrogens with zero attached hydrogens (tertiary/aromatic N) is 1. The summed E-state index contributed by atoms with van der Waals surface area (Å²) >= 11 is 0. The molecule has 34 heavy (non-hydrogen) atoms. The highest BCUT2D eigenvalue weighted by Crippen LogP contribution is 2.37. The number of hydrogen-bond acceptors (Lipinski definition) is 8. The van der Waals surface area contributed by atoms with Crippen LogP contribution < -0.4 is 20.1 Å². The molecule has 1 aromatic rings. The number of rotatable bonds is 10. The first-order valence-corrected chi connectivity index (χ1v) is 12.7. The van der Waals surface area contributed by atoms with Crippen LogP contribution in [0.3, 0.4) is 0 Å². The molecule has 0 bridgehead atoms. The van der Waals surface area contributed by atoms with Gasteiger partial charge in [0, 0.05) is 56.7 Å². The minimum atomic E-state index is -0.488. The number of fused-ring (bicyclic) bond motifs is 1. The van der Waals surface area contributed by atoms with Crippen molar-refractivity contribution in [2.75, 3.05) is 64.5 Å². The first kappa shape index (κ1) is 25.0. The predicted molar refractivity (Wildman–Crippen MR) is 129 cm³/mol. The lowest BCUT2D eigenvalue weighted by atomic mass is 9.93. The Labute approximate surface area is 202 Å². The lowest BCUT2D eigenvalue weighted by molar-refractivity contribution is -0.0576. The molecule has 2 atom stereocenters. The summed E-state index contributed by atoms with van der Waals surface area (Å²) in [4.78, 5) is 15.4. The van der Waals surface area contributed by atoms with Gasteiger partial charge in [-0.05, 0) is 25.5 Å². The average molecular weight is 478 g/mol. The van der Waals surface area contributed by atoms with Crippen LogP contribution in [0.1, 0.15) is 49.4 Å². The number of aliphatic hydroxyl groups is 1. The molecule has 0 aromatic heterocycles. The van der Waals surface area contributed by atoms with Crippen LogP contribution >= 0.6 is 0 Å². The Morgan fingerprint density at radius 3 is 2.79 bits per heavy atom. The van der Waals surface area contributed by atoms with E-state index >= 15 is 0 Å². The molecular weight excluding hydrogens is 438 g/mol. The van der Waals surface area contributed by atoms with Gasteiger partial charge in [0.05, 0.1) is 38.1 Å². The van der Waals surface area contributed by atoms with Gasteiger partial charge in [-0.3, -0.25) is 4.79 Å². The number of carbonyl (C=O) groups is 1. The smallest absolute Gasteiger partial charge is 0.255 e. The molecule has 9 heteroatoms. The number of piperidine rings is 1. The summed E-state index contributed by atoms with van der Waals surface area (Å²) in [5.74, 6) is 0.919. The summed E-state index contributed by atoms with van der Waals surface area (Å²) in [5.41, 5.74) is 1.33. The van der Waals surface area contributed by atoms with Gasteiger partial charge in [-0.15, -0.1) is 0 Å². The van der Waals surface area contributed by atoms with Crippen LogP contribution in [0.15, 0.2) is 12.1 Å². The van der Waals surface area contributed by atoms with Crippen molar-refractivity contribution in [1.82, 2.24) is 10.2 Å². The van der Waals surface area contributed by atoms with Gasteiger partial charge < -0.3 is 39.6 Å². The summed E-state index contributed by atoms with van der Waals surface area (Å²) in [5, 5.41) is 17.1. The maximum Gasteiger partial charge on any atom is 0.255 e. The normalized spacial score (nSPS) is 23.5. The number of benzene rings is 1. The first-order chi connectivity index (χ1) is 16.6. The van der Waals surface area contributed by atoms with Crippen LogP contribution in [0.5, 0.6) is 11.5 Å². The summed E-state index contributed by atoms with van der Waals surface area (Å²) in [6.07, 6.45) is 3.94. The Balaban J connectivity index is 1.32. The Morgan fingerprint density at radius 2 is 2.00 bits per heavy atom. The number of β-amino-alcohol motifs (C(OH)–C–C–N with tert-alkyl or cyclic N) is 1. The minimum Gasteiger partial charge on any atom is -0.489 e. The third-order valence-electron chi connectivity index (χ3n) is 6.65. The third kappa shape index (κ3) is 6.75. The zero-order chi connectivity index (χ0) is 23.8. The van der Waals surface area contributed by atoms with E-state index in [1.807, 2.05) is 12.1 Å². The fourth-order valence-electron chi connectivity index (χ4n) is 4.62. The first-order valence-electron chi connectivity index (χ1n) is 12.7. The number of ether oxygens (including phenoxy) is 4. The van der Waals surface area contributed by atoms with Crippen molar-refractivity contribution < 1.29 is 28.8 Å². The minimum absolute atomic E-state index is 0.0146. The van der Waals surface area contributed by atoms with E-state index in [2.05, 4.69) is 22.5 Å². The highest BCUT2D eigenvalue weighted by atomic mass is 16.7. The van der Waals surface area contributed by atoms with Crippen molar-refractivity contribution in [2.24, 2.45) is 5.92 Å². The molecule has 3 aliphatic heterocycles. The van der Waals surface area contributed by atoms with E-state index in [-0.39, 0.29) is 18.1 Å². The zero-order valence-electron chi connectivity index (χ0n) is 20.2. The number of amides is 1. The standard InChI is InChI=1S/C25H39N3O6/c1-2-3-7-26-19-14-20(24-22(15-19)31-10-4-11-34-24)25(30)27-16-18-5-8-28(17-21(18)29)9-6-23-32-12-13-33-23/h14-15,18,21,23,26,29H,2-13,16-17H2,1H3,(H,27,30)/t18-,21+/m0/s1. The maximum absolute atomic E-state index is 13.2. The van der Waals surface area contributed by atoms with Crippen molar-refractivity contribution in [3.63, 3.8) is 0 Å². The molecule has 9 nitrogen and oxygen atoms in total. The van der Waals surface area contributed by atoms with E-state index < -0.39 is 6.10 Å². The van der Waals surface area contributed by atoms with Crippen molar-refractivity contribution >= 4 is 11.6 Å². The van der Waals surface area contributed by atoms with Crippen LogP contribution in [-0.4, -0.2) is 87.5 Å². The van der Waals surface area contributed by atoms with Crippen molar-refractivity contribution in [3.8, 4) is 11.5 Å². The molecule has 2 fully saturated rings. The second kappa shape index (κ2) is 12.6. The van der Waals surface area contributed by atoms with Gasteiger partial charge >= 0.3 is 0 Å². The molecule has 0 spiro atoms. The number of hydrogen-bond donors (Lipinski definition) is 3. The summed E-state index contributed by atoms with van der Waals surface area (Å²) in [6, 6.07) is 3.75. The second-order valence-electron chi connectivity index (χ2n) is 9.27. The van der Waals surface area contributed by atoms with E-state index in [0.717, 1.165) is 57.4 Å². The van der Waals surface area contributed by atoms with Gasteiger partial charge in [-0.25, -0.2) is 0 Å². The van der Waals surface area contributed by atoms with E-state index in [1.165, 1.54) is 0 Å². The molecule has 1 aromatic carbocycles. The van der Waals surface area contributed by atoms with Crippen molar-refractivity contribution in [2.45, 2.75) is 51.4 Å². The van der Waals surface area contributed by atoms with Gasteiger partial charge in [-0.1, -0.05) is 13.3 Å². The molecular formula is C25H39N3O6. The number of likely N-dealkylation sites (tertiary alicyclic amines) is 1. The fourth-order valence-corrected chi connectivity index (χ4v) is 4.62. The Bertz CT molecular complexity index is 801. The molecule has 3 heterocycles. The second-order valence-corrected chi connectivity index (χ2v) is 9.27. The van der Waals surface area contributed by atoms with Crippen LogP contribution in [0.2, 0.25) is 0 Å². The molecule has 3 N–H and O–H groups in total. The number of aliphatic hydroxyl groups excluding tert-OH is 1. The fraction of sp³-hybridized carbons (Fsp3) is 0.720. The molecule has 0 aliphatic carbocycles. The lowest BCUT2D eigenvalue weighted by Gasteiger charge is -2.36. The van der Waals surface area contributed by atoms with Gasteiger partial charge in [0.1, 0.15) is 0 Å². The van der Waals surface area contributed by atoms with Crippen molar-refractivity contribution in [3.05, 3.63) is 17.7 Å². The topological polar surface area (TPSA) is 102 Å². The molecule has 190 valence electrons. The van der Waals surface area contributed by atoms with Crippen LogP contribution in [0, 0.1) is 5.92 Å². The Hall–Kier alpha value is -2.07. The number of unbranched alkanes of at least 4 members (excludes halogenated alkanes) is 1. The number of anilines is 1. The SMILES string of the molecule is CCCCNc1cc2c(c(C(=O)NC[C@@H]3CCN(CCC4OCCO4)C[C@H]3O)c1)OCCCO2.